The summed E-state index contributed by atoms with van der Waals surface area (Å²) >= 11 is 0. The topological polar surface area (TPSA) is 29.5 Å². The van der Waals surface area contributed by atoms with Crippen molar-refractivity contribution >= 4 is 11.5 Å². The van der Waals surface area contributed by atoms with Crippen molar-refractivity contribution in [2.45, 2.75) is 13.5 Å². The van der Waals surface area contributed by atoms with Crippen LogP contribution in [-0.2, 0) is 6.54 Å². The lowest BCUT2D eigenvalue weighted by molar-refractivity contribution is 0.101. The summed E-state index contributed by atoms with van der Waals surface area (Å²) in [7, 11) is 3.44. The van der Waals surface area contributed by atoms with Crippen LogP contribution in [0.3, 0.4) is 0 Å². The minimum atomic E-state index is -0.494. The third-order valence-corrected chi connectivity index (χ3v) is 3.35. The van der Waals surface area contributed by atoms with Gasteiger partial charge in [-0.05, 0) is 25.1 Å². The molecule has 0 unspecified atom stereocenters. The van der Waals surface area contributed by atoms with Crippen molar-refractivity contribution in [1.29, 1.82) is 0 Å². The maximum atomic E-state index is 13.9. The summed E-state index contributed by atoms with van der Waals surface area (Å²) in [6, 6.07) is 12.3. The Morgan fingerprint density at radius 3 is 2.57 bits per heavy atom. The Balaban J connectivity index is 2.35. The van der Waals surface area contributed by atoms with E-state index in [0.29, 0.717) is 12.2 Å². The highest BCUT2D eigenvalue weighted by Gasteiger charge is 2.16. The first-order valence-corrected chi connectivity index (χ1v) is 6.67. The van der Waals surface area contributed by atoms with E-state index in [9.17, 15) is 9.18 Å². The highest BCUT2D eigenvalue weighted by Crippen LogP contribution is 2.26. The predicted molar refractivity (Wildman–Crippen MR) is 81.5 cm³/mol. The molecule has 0 aromatic heterocycles. The molecule has 2 rings (SSSR count). The van der Waals surface area contributed by atoms with Crippen molar-refractivity contribution in [3.63, 3.8) is 0 Å². The second-order valence-corrected chi connectivity index (χ2v) is 4.86. The Bertz CT molecular complexity index is 655. The van der Waals surface area contributed by atoms with Gasteiger partial charge in [0.25, 0.3) is 0 Å². The van der Waals surface area contributed by atoms with Crippen molar-refractivity contribution in [3.8, 4) is 5.75 Å². The van der Waals surface area contributed by atoms with Gasteiger partial charge in [0.15, 0.2) is 5.78 Å². The van der Waals surface area contributed by atoms with Crippen molar-refractivity contribution in [2.75, 3.05) is 19.1 Å². The summed E-state index contributed by atoms with van der Waals surface area (Å²) in [6.45, 7) is 1.90. The number of carbonyl (C=O) groups excluding carboxylic acids is 1. The Kier molecular flexibility index (Phi) is 4.58. The van der Waals surface area contributed by atoms with E-state index in [1.165, 1.54) is 13.0 Å². The zero-order valence-electron chi connectivity index (χ0n) is 12.4. The minimum absolute atomic E-state index is 0.120. The Labute approximate surface area is 124 Å². The molecule has 0 saturated heterocycles. The third kappa shape index (κ3) is 3.21. The van der Waals surface area contributed by atoms with Gasteiger partial charge in [0.1, 0.15) is 11.6 Å². The van der Waals surface area contributed by atoms with E-state index in [1.807, 2.05) is 36.2 Å². The summed E-state index contributed by atoms with van der Waals surface area (Å²) in [5.41, 5.74) is 1.67. The molecule has 0 atom stereocenters. The van der Waals surface area contributed by atoms with Gasteiger partial charge in [0.05, 0.1) is 18.4 Å². The van der Waals surface area contributed by atoms with Gasteiger partial charge in [-0.1, -0.05) is 24.3 Å². The van der Waals surface area contributed by atoms with E-state index in [1.54, 1.807) is 19.2 Å². The molecule has 2 aromatic rings. The first-order chi connectivity index (χ1) is 10.0. The number of methoxy groups -OCH3 is 1. The molecule has 21 heavy (non-hydrogen) atoms. The van der Waals surface area contributed by atoms with Crippen LogP contribution in [0, 0.1) is 5.82 Å². The largest absolute Gasteiger partial charge is 0.496 e. The number of carbonyl (C=O) groups is 1. The summed E-state index contributed by atoms with van der Waals surface area (Å²) < 4.78 is 19.2. The molecule has 0 heterocycles. The molecule has 0 amide bonds. The second-order valence-electron chi connectivity index (χ2n) is 4.86. The van der Waals surface area contributed by atoms with Crippen LogP contribution in [-0.4, -0.2) is 19.9 Å². The number of rotatable bonds is 5. The zero-order chi connectivity index (χ0) is 15.4. The first-order valence-electron chi connectivity index (χ1n) is 6.67. The molecule has 0 fully saturated rings. The fourth-order valence-electron chi connectivity index (χ4n) is 2.35. The number of para-hydroxylation sites is 1. The molecule has 0 saturated carbocycles. The van der Waals surface area contributed by atoms with Crippen molar-refractivity contribution in [1.82, 2.24) is 0 Å². The van der Waals surface area contributed by atoms with Crippen LogP contribution in [0.5, 0.6) is 5.75 Å². The first kappa shape index (κ1) is 15.0. The van der Waals surface area contributed by atoms with E-state index >= 15 is 0 Å². The monoisotopic (exact) mass is 287 g/mol. The van der Waals surface area contributed by atoms with Crippen LogP contribution in [0.4, 0.5) is 10.1 Å². The van der Waals surface area contributed by atoms with Gasteiger partial charge in [-0.2, -0.15) is 0 Å². The summed E-state index contributed by atoms with van der Waals surface area (Å²) in [4.78, 5) is 13.5. The van der Waals surface area contributed by atoms with Crippen LogP contribution < -0.4 is 9.64 Å². The Hall–Kier alpha value is -2.36. The predicted octanol–water partition coefficient (Wildman–Crippen LogP) is 3.67. The number of ketones is 1. The van der Waals surface area contributed by atoms with Crippen LogP contribution in [0.15, 0.2) is 42.5 Å². The van der Waals surface area contributed by atoms with E-state index in [2.05, 4.69) is 0 Å². The molecule has 110 valence electrons. The standard InChI is InChI=1S/C17H18FNO2/c1-12(20)17-14(18)8-6-9-15(17)19(2)11-13-7-4-5-10-16(13)21-3/h4-10H,11H2,1-3H3. The van der Waals surface area contributed by atoms with Crippen molar-refractivity contribution < 1.29 is 13.9 Å². The third-order valence-electron chi connectivity index (χ3n) is 3.35. The molecule has 0 aliphatic heterocycles. The van der Waals surface area contributed by atoms with E-state index < -0.39 is 5.82 Å². The molecule has 0 bridgehead atoms. The lowest BCUT2D eigenvalue weighted by Gasteiger charge is -2.23. The molecule has 2 aromatic carbocycles. The number of ether oxygens (including phenoxy) is 1. The van der Waals surface area contributed by atoms with Crippen molar-refractivity contribution in [2.24, 2.45) is 0 Å². The van der Waals surface area contributed by atoms with Gasteiger partial charge >= 0.3 is 0 Å². The van der Waals surface area contributed by atoms with E-state index in [4.69, 9.17) is 4.74 Å². The number of halogens is 1. The number of hydrogen-bond donors (Lipinski definition) is 0. The van der Waals surface area contributed by atoms with Crippen LogP contribution in [0.25, 0.3) is 0 Å². The van der Waals surface area contributed by atoms with Gasteiger partial charge in [-0.15, -0.1) is 0 Å². The molecule has 0 aliphatic carbocycles. The highest BCUT2D eigenvalue weighted by atomic mass is 19.1. The summed E-state index contributed by atoms with van der Waals surface area (Å²) in [5.74, 6) is -0.00742. The lowest BCUT2D eigenvalue weighted by atomic mass is 10.1. The summed E-state index contributed by atoms with van der Waals surface area (Å²) in [6.07, 6.45) is 0. The highest BCUT2D eigenvalue weighted by molar-refractivity contribution is 6.00. The van der Waals surface area contributed by atoms with E-state index in [-0.39, 0.29) is 11.3 Å². The molecule has 3 nitrogen and oxygen atoms in total. The minimum Gasteiger partial charge on any atom is -0.496 e. The zero-order valence-corrected chi connectivity index (χ0v) is 12.4. The van der Waals surface area contributed by atoms with Crippen molar-refractivity contribution in [3.05, 3.63) is 59.4 Å². The van der Waals surface area contributed by atoms with Crippen LogP contribution in [0.1, 0.15) is 22.8 Å². The maximum Gasteiger partial charge on any atom is 0.164 e. The molecule has 0 aliphatic rings. The Morgan fingerprint density at radius 2 is 1.90 bits per heavy atom. The fourth-order valence-corrected chi connectivity index (χ4v) is 2.35. The van der Waals surface area contributed by atoms with Crippen LogP contribution >= 0.6 is 0 Å². The smallest absolute Gasteiger partial charge is 0.164 e. The molecular formula is C17H18FNO2. The molecule has 0 N–H and O–H groups in total. The molecule has 4 heteroatoms. The average Bonchev–Trinajstić information content (AvgIpc) is 2.47. The van der Waals surface area contributed by atoms with Gasteiger partial charge in [0, 0.05) is 19.2 Å². The number of benzene rings is 2. The number of anilines is 1. The molecular weight excluding hydrogens is 269 g/mol. The van der Waals surface area contributed by atoms with E-state index in [0.717, 1.165) is 11.3 Å². The summed E-state index contributed by atoms with van der Waals surface area (Å²) in [5, 5.41) is 0. The maximum absolute atomic E-state index is 13.9. The fraction of sp³-hybridized carbons (Fsp3) is 0.235. The van der Waals surface area contributed by atoms with Gasteiger partial charge < -0.3 is 9.64 Å². The quantitative estimate of drug-likeness (QED) is 0.786. The van der Waals surface area contributed by atoms with Crippen LogP contribution in [0.2, 0.25) is 0 Å². The SMILES string of the molecule is COc1ccccc1CN(C)c1cccc(F)c1C(C)=O. The molecule has 0 radical (unpaired) electrons. The van der Waals surface area contributed by atoms with Gasteiger partial charge in [-0.25, -0.2) is 4.39 Å². The van der Waals surface area contributed by atoms with Gasteiger partial charge in [-0.3, -0.25) is 4.79 Å². The number of Topliss-reactive ketones (excluding diaryl/α,β-unsaturated/α-hetero) is 1. The number of nitrogens with zero attached hydrogens (tertiary/aromatic N) is 1. The average molecular weight is 287 g/mol. The molecule has 0 spiro atoms. The Morgan fingerprint density at radius 1 is 1.19 bits per heavy atom. The second kappa shape index (κ2) is 6.39. The number of hydrogen-bond acceptors (Lipinski definition) is 3. The normalized spacial score (nSPS) is 10.3. The lowest BCUT2D eigenvalue weighted by Crippen LogP contribution is -2.20. The van der Waals surface area contributed by atoms with Gasteiger partial charge in [0.2, 0.25) is 0 Å².